The van der Waals surface area contributed by atoms with Crippen molar-refractivity contribution < 1.29 is 14.3 Å². The van der Waals surface area contributed by atoms with E-state index in [1.165, 1.54) is 7.11 Å². The van der Waals surface area contributed by atoms with E-state index in [0.29, 0.717) is 16.5 Å². The molecule has 1 atom stereocenters. The minimum absolute atomic E-state index is 0.243. The van der Waals surface area contributed by atoms with Gasteiger partial charge in [-0.25, -0.2) is 0 Å². The topological polar surface area (TPSA) is 81.4 Å². The van der Waals surface area contributed by atoms with Crippen LogP contribution in [0.1, 0.15) is 12.5 Å². The molecule has 0 aromatic heterocycles. The third-order valence-corrected chi connectivity index (χ3v) is 3.92. The Hall–Kier alpha value is -2.53. The molecule has 2 rings (SSSR count). The molecule has 0 fully saturated rings. The average Bonchev–Trinajstić information content (AvgIpc) is 2.54. The maximum absolute atomic E-state index is 12.4. The van der Waals surface area contributed by atoms with Gasteiger partial charge in [0.05, 0.1) is 12.8 Å². The van der Waals surface area contributed by atoms with Gasteiger partial charge < -0.3 is 15.8 Å². The fourth-order valence-electron chi connectivity index (χ4n) is 2.55. The molecule has 5 nitrogen and oxygen atoms in total. The van der Waals surface area contributed by atoms with Crippen LogP contribution in [0, 0.1) is 0 Å². The molecule has 0 saturated carbocycles. The molecule has 0 spiro atoms. The highest BCUT2D eigenvalue weighted by molar-refractivity contribution is 6.39. The Bertz CT molecular complexity index is 763. The monoisotopic (exact) mass is 346 g/mol. The standard InChI is InChI=1S/C18H19ClN2O3/c1-18(16(22)17(20)23,11-12-6-5-7-13(19)10-12)21-14-8-3-4-9-15(14)24-2/h3-10,21H,11H2,1-2H3,(H2,20,23). The zero-order valence-electron chi connectivity index (χ0n) is 13.5. The number of methoxy groups -OCH3 is 1. The zero-order chi connectivity index (χ0) is 17.7. The van der Waals surface area contributed by atoms with Crippen LogP contribution in [0.15, 0.2) is 48.5 Å². The lowest BCUT2D eigenvalue weighted by molar-refractivity contribution is -0.138. The number of carbonyl (C=O) groups is 2. The van der Waals surface area contributed by atoms with Crippen molar-refractivity contribution in [3.63, 3.8) is 0 Å². The van der Waals surface area contributed by atoms with Gasteiger partial charge in [-0.2, -0.15) is 0 Å². The van der Waals surface area contributed by atoms with E-state index >= 15 is 0 Å². The van der Waals surface area contributed by atoms with Gasteiger partial charge in [0.25, 0.3) is 5.91 Å². The van der Waals surface area contributed by atoms with Crippen molar-refractivity contribution >= 4 is 29.0 Å². The number of rotatable bonds is 7. The summed E-state index contributed by atoms with van der Waals surface area (Å²) in [5, 5.41) is 3.66. The van der Waals surface area contributed by atoms with Gasteiger partial charge >= 0.3 is 0 Å². The van der Waals surface area contributed by atoms with E-state index in [1.807, 2.05) is 12.1 Å². The van der Waals surface area contributed by atoms with E-state index in [2.05, 4.69) is 5.32 Å². The normalized spacial score (nSPS) is 13.0. The third-order valence-electron chi connectivity index (χ3n) is 3.69. The summed E-state index contributed by atoms with van der Waals surface area (Å²) < 4.78 is 5.29. The summed E-state index contributed by atoms with van der Waals surface area (Å²) in [7, 11) is 1.53. The van der Waals surface area contributed by atoms with Crippen LogP contribution in [0.4, 0.5) is 5.69 Å². The summed E-state index contributed by atoms with van der Waals surface area (Å²) in [6, 6.07) is 14.3. The summed E-state index contributed by atoms with van der Waals surface area (Å²) in [6.07, 6.45) is 0.243. The highest BCUT2D eigenvalue weighted by Crippen LogP contribution is 2.29. The zero-order valence-corrected chi connectivity index (χ0v) is 14.3. The summed E-state index contributed by atoms with van der Waals surface area (Å²) >= 11 is 6.01. The van der Waals surface area contributed by atoms with Crippen molar-refractivity contribution in [2.45, 2.75) is 18.9 Å². The highest BCUT2D eigenvalue weighted by atomic mass is 35.5. The maximum Gasteiger partial charge on any atom is 0.287 e. The quantitative estimate of drug-likeness (QED) is 0.755. The Morgan fingerprint density at radius 1 is 1.21 bits per heavy atom. The van der Waals surface area contributed by atoms with Crippen molar-refractivity contribution in [2.75, 3.05) is 12.4 Å². The smallest absolute Gasteiger partial charge is 0.287 e. The van der Waals surface area contributed by atoms with Gasteiger partial charge in [0.1, 0.15) is 11.3 Å². The molecule has 0 aliphatic rings. The number of hydrogen-bond donors (Lipinski definition) is 2. The van der Waals surface area contributed by atoms with Crippen molar-refractivity contribution in [1.82, 2.24) is 0 Å². The third kappa shape index (κ3) is 4.06. The lowest BCUT2D eigenvalue weighted by Gasteiger charge is -2.30. The summed E-state index contributed by atoms with van der Waals surface area (Å²) in [5.74, 6) is -1.15. The first kappa shape index (κ1) is 17.8. The molecule has 0 aliphatic carbocycles. The average molecular weight is 347 g/mol. The second kappa shape index (κ2) is 7.36. The summed E-state index contributed by atoms with van der Waals surface area (Å²) in [4.78, 5) is 24.0. The van der Waals surface area contributed by atoms with Crippen LogP contribution in [-0.4, -0.2) is 24.3 Å². The molecular weight excluding hydrogens is 328 g/mol. The number of benzene rings is 2. The number of ether oxygens (including phenoxy) is 1. The predicted octanol–water partition coefficient (Wildman–Crippen LogP) is 2.82. The Kier molecular flexibility index (Phi) is 5.46. The molecule has 3 N–H and O–H groups in total. The van der Waals surface area contributed by atoms with Crippen LogP contribution in [0.3, 0.4) is 0 Å². The molecule has 2 aromatic carbocycles. The molecule has 0 saturated heterocycles. The van der Waals surface area contributed by atoms with Crippen molar-refractivity contribution in [1.29, 1.82) is 0 Å². The van der Waals surface area contributed by atoms with Crippen molar-refractivity contribution in [3.8, 4) is 5.75 Å². The fourth-order valence-corrected chi connectivity index (χ4v) is 2.77. The van der Waals surface area contributed by atoms with Gasteiger partial charge in [-0.3, -0.25) is 9.59 Å². The Labute approximate surface area is 145 Å². The molecule has 126 valence electrons. The molecule has 2 aromatic rings. The largest absolute Gasteiger partial charge is 0.495 e. The fraction of sp³-hybridized carbons (Fsp3) is 0.222. The van der Waals surface area contributed by atoms with E-state index in [-0.39, 0.29) is 6.42 Å². The number of anilines is 1. The molecule has 0 bridgehead atoms. The second-order valence-corrected chi connectivity index (χ2v) is 6.09. The van der Waals surface area contributed by atoms with E-state index in [4.69, 9.17) is 22.1 Å². The number of carbonyl (C=O) groups excluding carboxylic acids is 2. The first-order valence-corrected chi connectivity index (χ1v) is 7.73. The number of Topliss-reactive ketones (excluding diaryl/α,β-unsaturated/α-hetero) is 1. The molecule has 1 amide bonds. The Morgan fingerprint density at radius 3 is 2.54 bits per heavy atom. The van der Waals surface area contributed by atoms with Crippen LogP contribution in [0.25, 0.3) is 0 Å². The van der Waals surface area contributed by atoms with Crippen LogP contribution in [0.5, 0.6) is 5.75 Å². The number of nitrogens with two attached hydrogens (primary N) is 1. The van der Waals surface area contributed by atoms with Gasteiger partial charge in [0.2, 0.25) is 5.78 Å². The number of nitrogens with one attached hydrogen (secondary N) is 1. The number of halogens is 1. The maximum atomic E-state index is 12.4. The first-order valence-electron chi connectivity index (χ1n) is 7.35. The molecule has 24 heavy (non-hydrogen) atoms. The van der Waals surface area contributed by atoms with Crippen molar-refractivity contribution in [2.24, 2.45) is 5.73 Å². The van der Waals surface area contributed by atoms with Gasteiger partial charge in [0.15, 0.2) is 0 Å². The minimum Gasteiger partial charge on any atom is -0.495 e. The van der Waals surface area contributed by atoms with Gasteiger partial charge in [-0.05, 0) is 36.8 Å². The lowest BCUT2D eigenvalue weighted by atomic mass is 9.87. The molecule has 1 unspecified atom stereocenters. The highest BCUT2D eigenvalue weighted by Gasteiger charge is 2.37. The molecule has 0 heterocycles. The molecule has 0 aliphatic heterocycles. The van der Waals surface area contributed by atoms with Gasteiger partial charge in [0, 0.05) is 11.4 Å². The Morgan fingerprint density at radius 2 is 1.92 bits per heavy atom. The predicted molar refractivity (Wildman–Crippen MR) is 94.4 cm³/mol. The van der Waals surface area contributed by atoms with Crippen molar-refractivity contribution in [3.05, 3.63) is 59.1 Å². The van der Waals surface area contributed by atoms with E-state index in [0.717, 1.165) is 5.56 Å². The number of para-hydroxylation sites is 2. The summed E-state index contributed by atoms with van der Waals surface area (Å²) in [6.45, 7) is 1.63. The second-order valence-electron chi connectivity index (χ2n) is 5.66. The van der Waals surface area contributed by atoms with Crippen LogP contribution >= 0.6 is 11.6 Å². The Balaban J connectivity index is 2.40. The SMILES string of the molecule is COc1ccccc1NC(C)(Cc1cccc(Cl)c1)C(=O)C(N)=O. The number of hydrogen-bond acceptors (Lipinski definition) is 4. The lowest BCUT2D eigenvalue weighted by Crippen LogP contribution is -2.51. The number of amides is 1. The van der Waals surface area contributed by atoms with Crippen LogP contribution in [-0.2, 0) is 16.0 Å². The summed E-state index contributed by atoms with van der Waals surface area (Å²) in [5.41, 5.74) is 5.42. The van der Waals surface area contributed by atoms with E-state index < -0.39 is 17.2 Å². The van der Waals surface area contributed by atoms with E-state index in [1.54, 1.807) is 43.3 Å². The van der Waals surface area contributed by atoms with Crippen LogP contribution in [0.2, 0.25) is 5.02 Å². The van der Waals surface area contributed by atoms with Crippen LogP contribution < -0.4 is 15.8 Å². The first-order chi connectivity index (χ1) is 11.4. The molecular formula is C18H19ClN2O3. The molecule has 6 heteroatoms. The molecule has 0 radical (unpaired) electrons. The number of primary amides is 1. The van der Waals surface area contributed by atoms with Gasteiger partial charge in [-0.15, -0.1) is 0 Å². The van der Waals surface area contributed by atoms with Gasteiger partial charge in [-0.1, -0.05) is 35.9 Å². The van der Waals surface area contributed by atoms with E-state index in [9.17, 15) is 9.59 Å². The number of ketones is 1. The minimum atomic E-state index is -1.23.